The summed E-state index contributed by atoms with van der Waals surface area (Å²) in [7, 11) is -3.44. The molecule has 0 rings (SSSR count). The molecule has 2 N–H and O–H groups in total. The number of nitrogens with one attached hydrogen (secondary N) is 2. The van der Waals surface area contributed by atoms with Crippen LogP contribution < -0.4 is 10.6 Å². The van der Waals surface area contributed by atoms with Gasteiger partial charge in [0.25, 0.3) is 0 Å². The van der Waals surface area contributed by atoms with Gasteiger partial charge in [0.2, 0.25) is 11.8 Å². The van der Waals surface area contributed by atoms with Gasteiger partial charge >= 0.3 is 0 Å². The smallest absolute Gasteiger partial charge is 0.217 e. The van der Waals surface area contributed by atoms with Gasteiger partial charge in [0.1, 0.15) is 0 Å². The number of sulfone groups is 1. The van der Waals surface area contributed by atoms with Crippen molar-refractivity contribution in [3.8, 4) is 0 Å². The van der Waals surface area contributed by atoms with Gasteiger partial charge in [-0.2, -0.15) is 0 Å². The number of rotatable bonds is 6. The lowest BCUT2D eigenvalue weighted by atomic mass is 10.6. The third-order valence-corrected chi connectivity index (χ3v) is 2.65. The minimum absolute atomic E-state index is 0.161. The van der Waals surface area contributed by atoms with Crippen LogP contribution >= 0.6 is 0 Å². The van der Waals surface area contributed by atoms with Crippen LogP contribution in [0.1, 0.15) is 13.8 Å². The van der Waals surface area contributed by atoms with Gasteiger partial charge in [-0.25, -0.2) is 8.42 Å². The molecule has 0 aliphatic heterocycles. The molecule has 0 saturated carbocycles. The molecule has 6 nitrogen and oxygen atoms in total. The Bertz CT molecular complexity index is 390. The Hall–Kier alpha value is -1.63. The first-order chi connectivity index (χ1) is 7.83. The molecule has 0 bridgehead atoms. The van der Waals surface area contributed by atoms with Crippen molar-refractivity contribution in [1.82, 2.24) is 10.6 Å². The summed E-state index contributed by atoms with van der Waals surface area (Å²) in [4.78, 5) is 21.0. The summed E-state index contributed by atoms with van der Waals surface area (Å²) < 4.78 is 22.6. The summed E-state index contributed by atoms with van der Waals surface area (Å²) in [6, 6.07) is 0. The summed E-state index contributed by atoms with van der Waals surface area (Å²) in [6.45, 7) is 3.01. The topological polar surface area (TPSA) is 92.3 Å². The van der Waals surface area contributed by atoms with Crippen molar-refractivity contribution in [3.63, 3.8) is 0 Å². The highest BCUT2D eigenvalue weighted by Crippen LogP contribution is 1.94. The molecule has 0 aliphatic carbocycles. The largest absolute Gasteiger partial charge is 0.353 e. The second-order valence-electron chi connectivity index (χ2n) is 3.21. The normalized spacial score (nSPS) is 11.9. The van der Waals surface area contributed by atoms with Crippen molar-refractivity contribution in [2.75, 3.05) is 13.1 Å². The Kier molecular flexibility index (Phi) is 6.88. The van der Waals surface area contributed by atoms with Gasteiger partial charge < -0.3 is 10.6 Å². The fraction of sp³-hybridized carbons (Fsp3) is 0.400. The Balaban J connectivity index is 4.11. The van der Waals surface area contributed by atoms with Crippen molar-refractivity contribution in [1.29, 1.82) is 0 Å². The second-order valence-corrected chi connectivity index (χ2v) is 4.93. The molecule has 0 aliphatic rings. The summed E-state index contributed by atoms with van der Waals surface area (Å²) in [5, 5.41) is 6.84. The van der Waals surface area contributed by atoms with Crippen molar-refractivity contribution in [2.24, 2.45) is 0 Å². The number of amides is 2. The van der Waals surface area contributed by atoms with Gasteiger partial charge in [-0.3, -0.25) is 9.59 Å². The molecule has 0 aromatic rings. The van der Waals surface area contributed by atoms with Crippen molar-refractivity contribution >= 4 is 21.7 Å². The Morgan fingerprint density at radius 2 is 1.29 bits per heavy atom. The van der Waals surface area contributed by atoms with Gasteiger partial charge in [-0.05, 0) is 0 Å². The molecule has 0 spiro atoms. The quantitative estimate of drug-likeness (QED) is 0.686. The third-order valence-electron chi connectivity index (χ3n) is 1.51. The highest BCUT2D eigenvalue weighted by atomic mass is 32.2. The highest BCUT2D eigenvalue weighted by molar-refractivity contribution is 7.97. The van der Waals surface area contributed by atoms with Crippen LogP contribution in [0.4, 0.5) is 0 Å². The SMILES string of the molecule is CC(=O)NCC=CS(=O)(=O)C=CCNC(C)=O. The van der Waals surface area contributed by atoms with E-state index in [0.29, 0.717) is 0 Å². The first-order valence-corrected chi connectivity index (χ1v) is 6.51. The molecule has 0 aromatic carbocycles. The highest BCUT2D eigenvalue weighted by Gasteiger charge is 1.98. The molecule has 2 amide bonds. The van der Waals surface area contributed by atoms with E-state index in [1.54, 1.807) is 0 Å². The van der Waals surface area contributed by atoms with E-state index in [9.17, 15) is 18.0 Å². The van der Waals surface area contributed by atoms with Crippen LogP contribution in [-0.2, 0) is 19.4 Å². The molecule has 0 saturated heterocycles. The minimum Gasteiger partial charge on any atom is -0.353 e. The van der Waals surface area contributed by atoms with E-state index in [4.69, 9.17) is 0 Å². The Morgan fingerprint density at radius 3 is 1.59 bits per heavy atom. The molecule has 0 radical (unpaired) electrons. The fourth-order valence-electron chi connectivity index (χ4n) is 0.815. The number of hydrogen-bond donors (Lipinski definition) is 2. The van der Waals surface area contributed by atoms with E-state index in [0.717, 1.165) is 10.8 Å². The average Bonchev–Trinajstić information content (AvgIpc) is 2.19. The van der Waals surface area contributed by atoms with Crippen molar-refractivity contribution in [3.05, 3.63) is 23.0 Å². The molecular weight excluding hydrogens is 244 g/mol. The van der Waals surface area contributed by atoms with Crippen LogP contribution in [0.15, 0.2) is 23.0 Å². The second kappa shape index (κ2) is 7.61. The monoisotopic (exact) mass is 260 g/mol. The van der Waals surface area contributed by atoms with Crippen LogP contribution in [-0.4, -0.2) is 33.3 Å². The lowest BCUT2D eigenvalue weighted by Gasteiger charge is -1.95. The van der Waals surface area contributed by atoms with Crippen LogP contribution in [0.2, 0.25) is 0 Å². The van der Waals surface area contributed by atoms with E-state index < -0.39 is 9.84 Å². The number of carbonyl (C=O) groups excluding carboxylic acids is 2. The molecule has 0 atom stereocenters. The number of hydrogen-bond acceptors (Lipinski definition) is 4. The maximum atomic E-state index is 11.3. The van der Waals surface area contributed by atoms with E-state index in [2.05, 4.69) is 10.6 Å². The molecule has 0 heterocycles. The maximum Gasteiger partial charge on any atom is 0.217 e. The minimum atomic E-state index is -3.44. The lowest BCUT2D eigenvalue weighted by molar-refractivity contribution is -0.119. The predicted molar refractivity (Wildman–Crippen MR) is 64.6 cm³/mol. The van der Waals surface area contributed by atoms with Gasteiger partial charge in [0.15, 0.2) is 9.84 Å². The zero-order valence-electron chi connectivity index (χ0n) is 9.76. The van der Waals surface area contributed by atoms with Gasteiger partial charge in [-0.1, -0.05) is 12.2 Å². The van der Waals surface area contributed by atoms with Gasteiger partial charge in [0, 0.05) is 37.8 Å². The average molecular weight is 260 g/mol. The number of carbonyl (C=O) groups is 2. The molecule has 96 valence electrons. The van der Waals surface area contributed by atoms with Gasteiger partial charge in [-0.15, -0.1) is 0 Å². The summed E-state index contributed by atoms with van der Waals surface area (Å²) in [5.41, 5.74) is 0. The Labute approximate surface area is 101 Å². The predicted octanol–water partition coefficient (Wildman–Crippen LogP) is -0.299. The molecule has 0 fully saturated rings. The van der Waals surface area contributed by atoms with E-state index in [1.165, 1.54) is 26.0 Å². The summed E-state index contributed by atoms with van der Waals surface area (Å²) in [6.07, 6.45) is 2.67. The van der Waals surface area contributed by atoms with Crippen LogP contribution in [0.5, 0.6) is 0 Å². The van der Waals surface area contributed by atoms with E-state index >= 15 is 0 Å². The van der Waals surface area contributed by atoms with Crippen LogP contribution in [0.25, 0.3) is 0 Å². The fourth-order valence-corrected chi connectivity index (χ4v) is 1.63. The van der Waals surface area contributed by atoms with Gasteiger partial charge in [0.05, 0.1) is 0 Å². The van der Waals surface area contributed by atoms with Crippen molar-refractivity contribution < 1.29 is 18.0 Å². The van der Waals surface area contributed by atoms with Crippen LogP contribution in [0, 0.1) is 0 Å². The first kappa shape index (κ1) is 15.4. The zero-order valence-corrected chi connectivity index (χ0v) is 10.6. The van der Waals surface area contributed by atoms with Crippen LogP contribution in [0.3, 0.4) is 0 Å². The first-order valence-electron chi connectivity index (χ1n) is 4.90. The summed E-state index contributed by atoms with van der Waals surface area (Å²) >= 11 is 0. The standard InChI is InChI=1S/C10H16N2O4S/c1-9(13)11-5-3-7-17(15,16)8-4-6-12-10(2)14/h3-4,7-8H,5-6H2,1-2H3,(H,11,13)(H,12,14). The third kappa shape index (κ3) is 10.6. The lowest BCUT2D eigenvalue weighted by Crippen LogP contribution is -2.19. The van der Waals surface area contributed by atoms with Crippen molar-refractivity contribution in [2.45, 2.75) is 13.8 Å². The van der Waals surface area contributed by atoms with E-state index in [1.807, 2.05) is 0 Å². The molecule has 0 unspecified atom stereocenters. The zero-order chi connectivity index (χ0) is 13.3. The molecule has 7 heteroatoms. The summed E-state index contributed by atoms with van der Waals surface area (Å²) in [5.74, 6) is -0.457. The molecular formula is C10H16N2O4S. The maximum absolute atomic E-state index is 11.3. The Morgan fingerprint density at radius 1 is 0.941 bits per heavy atom. The van der Waals surface area contributed by atoms with E-state index in [-0.39, 0.29) is 24.9 Å². The molecule has 17 heavy (non-hydrogen) atoms. The molecule has 0 aromatic heterocycles.